The highest BCUT2D eigenvalue weighted by atomic mass is 16.5. The molecule has 9 nitrogen and oxygen atoms in total. The fourth-order valence-electron chi connectivity index (χ4n) is 5.06. The Morgan fingerprint density at radius 1 is 0.532 bits per heavy atom. The number of azo groups is 3. The van der Waals surface area contributed by atoms with Crippen LogP contribution in [0, 0.1) is 13.8 Å². The van der Waals surface area contributed by atoms with Gasteiger partial charge in [-0.25, -0.2) is 0 Å². The maximum Gasteiger partial charge on any atom is 0.150 e. The highest BCUT2D eigenvalue weighted by Gasteiger charge is 2.12. The first kappa shape index (κ1) is 30.8. The minimum atomic E-state index is -0.126. The van der Waals surface area contributed by atoms with Crippen LogP contribution < -0.4 is 4.74 Å². The van der Waals surface area contributed by atoms with Gasteiger partial charge >= 0.3 is 0 Å². The Kier molecular flexibility index (Phi) is 9.06. The molecule has 0 unspecified atom stereocenters. The molecule has 0 amide bonds. The highest BCUT2D eigenvalue weighted by Crippen LogP contribution is 2.40. The Labute approximate surface area is 272 Å². The fourth-order valence-corrected chi connectivity index (χ4v) is 5.06. The monoisotopic (exact) mass is 620 g/mol. The average Bonchev–Trinajstić information content (AvgIpc) is 3.09. The predicted octanol–water partition coefficient (Wildman–Crippen LogP) is 11.7. The molecule has 2 N–H and O–H groups in total. The van der Waals surface area contributed by atoms with Crippen LogP contribution in [0.1, 0.15) is 22.3 Å². The van der Waals surface area contributed by atoms with Crippen LogP contribution in [0.2, 0.25) is 0 Å². The quantitative estimate of drug-likeness (QED) is 0.156. The van der Waals surface area contributed by atoms with Gasteiger partial charge in [-0.2, -0.15) is 15.3 Å². The Morgan fingerprint density at radius 3 is 1.89 bits per heavy atom. The van der Waals surface area contributed by atoms with Crippen molar-refractivity contribution < 1.29 is 14.9 Å². The van der Waals surface area contributed by atoms with Crippen molar-refractivity contribution in [3.8, 4) is 17.2 Å². The summed E-state index contributed by atoms with van der Waals surface area (Å²) >= 11 is 0. The van der Waals surface area contributed by atoms with Gasteiger partial charge in [-0.3, -0.25) is 0 Å². The van der Waals surface area contributed by atoms with E-state index in [1.165, 1.54) is 11.6 Å². The third-order valence-electron chi connectivity index (χ3n) is 7.64. The summed E-state index contributed by atoms with van der Waals surface area (Å²) in [5.41, 5.74) is 6.82. The van der Waals surface area contributed by atoms with Crippen LogP contribution in [0.3, 0.4) is 0 Å². The van der Waals surface area contributed by atoms with Gasteiger partial charge in [-0.1, -0.05) is 72.8 Å². The van der Waals surface area contributed by atoms with Gasteiger partial charge in [0.25, 0.3) is 0 Å². The second-order valence-electron chi connectivity index (χ2n) is 11.0. The summed E-state index contributed by atoms with van der Waals surface area (Å²) in [5, 5.41) is 49.2. The normalized spacial score (nSPS) is 11.7. The van der Waals surface area contributed by atoms with Gasteiger partial charge < -0.3 is 14.9 Å². The third kappa shape index (κ3) is 7.20. The first-order valence-electron chi connectivity index (χ1n) is 15.0. The van der Waals surface area contributed by atoms with Crippen molar-refractivity contribution in [2.45, 2.75) is 20.3 Å². The zero-order valence-electron chi connectivity index (χ0n) is 26.2. The van der Waals surface area contributed by atoms with Crippen LogP contribution >= 0.6 is 0 Å². The molecule has 0 aliphatic rings. The molecular formula is C38H32N6O3. The lowest BCUT2D eigenvalue weighted by Crippen LogP contribution is -1.88. The van der Waals surface area contributed by atoms with Crippen molar-refractivity contribution in [3.05, 3.63) is 138 Å². The van der Waals surface area contributed by atoms with E-state index in [9.17, 15) is 10.2 Å². The lowest BCUT2D eigenvalue weighted by Gasteiger charge is -2.08. The summed E-state index contributed by atoms with van der Waals surface area (Å²) in [4.78, 5) is 0. The maximum atomic E-state index is 11.0. The largest absolute Gasteiger partial charge is 0.506 e. The van der Waals surface area contributed by atoms with Crippen molar-refractivity contribution in [3.63, 3.8) is 0 Å². The van der Waals surface area contributed by atoms with Crippen LogP contribution in [0.25, 0.3) is 10.8 Å². The summed E-state index contributed by atoms with van der Waals surface area (Å²) < 4.78 is 5.54. The minimum Gasteiger partial charge on any atom is -0.506 e. The molecule has 0 saturated heterocycles. The molecule has 6 aromatic rings. The Bertz CT molecular complexity index is 2150. The predicted molar refractivity (Wildman–Crippen MR) is 184 cm³/mol. The van der Waals surface area contributed by atoms with Gasteiger partial charge in [0.2, 0.25) is 0 Å². The van der Waals surface area contributed by atoms with E-state index in [-0.39, 0.29) is 17.2 Å². The van der Waals surface area contributed by atoms with Crippen molar-refractivity contribution in [1.82, 2.24) is 0 Å². The molecule has 0 bridgehead atoms. The molecule has 0 heterocycles. The highest BCUT2D eigenvalue weighted by molar-refractivity contribution is 5.92. The molecule has 6 aromatic carbocycles. The molecule has 6 rings (SSSR count). The van der Waals surface area contributed by atoms with Gasteiger partial charge in [-0.05, 0) is 78.2 Å². The molecule has 0 radical (unpaired) electrons. The summed E-state index contributed by atoms with van der Waals surface area (Å²) in [7, 11) is 1.55. The zero-order chi connectivity index (χ0) is 32.8. The fraction of sp³-hybridized carbons (Fsp3) is 0.105. The standard InChI is InChI=1S/C38H32N6O3/c1-24-18-34(43-40-31-17-15-28-21-27(14-16-30(28)38(31)46)20-26-10-6-4-7-11-26)36(45)22-32(24)42-44-35-19-25(2)33(23-37(35)47-3)41-39-29-12-8-5-9-13-29/h4-19,21-23,45-46H,20H2,1-3H3. The minimum absolute atomic E-state index is 0.0240. The topological polar surface area (TPSA) is 124 Å². The molecule has 0 spiro atoms. The molecule has 0 aromatic heterocycles. The maximum absolute atomic E-state index is 11.0. The third-order valence-corrected chi connectivity index (χ3v) is 7.64. The first-order valence-corrected chi connectivity index (χ1v) is 15.0. The van der Waals surface area contributed by atoms with Gasteiger partial charge in [0, 0.05) is 17.5 Å². The molecular weight excluding hydrogens is 588 g/mol. The van der Waals surface area contributed by atoms with E-state index in [0.29, 0.717) is 33.9 Å². The SMILES string of the molecule is COc1cc(N=Nc2ccccc2)c(C)cc1N=Nc1cc(O)c(N=Nc2ccc3cc(Cc4ccccc4)ccc3c2O)cc1C. The number of rotatable bonds is 9. The van der Waals surface area contributed by atoms with E-state index in [2.05, 4.69) is 48.9 Å². The smallest absolute Gasteiger partial charge is 0.150 e. The summed E-state index contributed by atoms with van der Waals surface area (Å²) in [6.07, 6.45) is 0.800. The van der Waals surface area contributed by atoms with Crippen molar-refractivity contribution in [1.29, 1.82) is 0 Å². The number of phenolic OH excluding ortho intramolecular Hbond substituents is 2. The van der Waals surface area contributed by atoms with E-state index >= 15 is 0 Å². The van der Waals surface area contributed by atoms with Crippen LogP contribution in [0.4, 0.5) is 34.1 Å². The average molecular weight is 621 g/mol. The second kappa shape index (κ2) is 13.8. The number of nitrogens with zero attached hydrogens (tertiary/aromatic N) is 6. The summed E-state index contributed by atoms with van der Waals surface area (Å²) in [5.74, 6) is 0.381. The Hall–Kier alpha value is -6.22. The van der Waals surface area contributed by atoms with Crippen LogP contribution in [0.5, 0.6) is 17.2 Å². The van der Waals surface area contributed by atoms with Crippen molar-refractivity contribution in [2.75, 3.05) is 7.11 Å². The zero-order valence-corrected chi connectivity index (χ0v) is 26.2. The van der Waals surface area contributed by atoms with Crippen LogP contribution in [-0.4, -0.2) is 17.3 Å². The van der Waals surface area contributed by atoms with Gasteiger partial charge in [-0.15, -0.1) is 15.3 Å². The molecule has 9 heteroatoms. The van der Waals surface area contributed by atoms with E-state index in [0.717, 1.165) is 34.2 Å². The summed E-state index contributed by atoms with van der Waals surface area (Å²) in [6, 6.07) is 36.0. The number of methoxy groups -OCH3 is 1. The Balaban J connectivity index is 1.19. The number of phenols is 2. The van der Waals surface area contributed by atoms with Crippen LogP contribution in [0.15, 0.2) is 146 Å². The number of benzene rings is 6. The van der Waals surface area contributed by atoms with Gasteiger partial charge in [0.15, 0.2) is 5.75 Å². The van der Waals surface area contributed by atoms with Gasteiger partial charge in [0.1, 0.15) is 28.6 Å². The van der Waals surface area contributed by atoms with Crippen LogP contribution in [-0.2, 0) is 6.42 Å². The summed E-state index contributed by atoms with van der Waals surface area (Å²) in [6.45, 7) is 3.74. The molecule has 0 aliphatic carbocycles. The number of hydrogen-bond acceptors (Lipinski definition) is 9. The van der Waals surface area contributed by atoms with E-state index in [1.54, 1.807) is 25.3 Å². The molecule has 232 valence electrons. The number of aromatic hydroxyl groups is 2. The number of fused-ring (bicyclic) bond motifs is 1. The lowest BCUT2D eigenvalue weighted by molar-refractivity contribution is 0.416. The van der Waals surface area contributed by atoms with Crippen molar-refractivity contribution >= 4 is 44.9 Å². The van der Waals surface area contributed by atoms with Crippen molar-refractivity contribution in [2.24, 2.45) is 30.7 Å². The number of hydrogen-bond donors (Lipinski definition) is 2. The molecule has 47 heavy (non-hydrogen) atoms. The van der Waals surface area contributed by atoms with Gasteiger partial charge in [0.05, 0.1) is 24.2 Å². The lowest BCUT2D eigenvalue weighted by atomic mass is 10.0. The molecule has 0 saturated carbocycles. The molecule has 0 fully saturated rings. The number of aryl methyl sites for hydroxylation is 2. The van der Waals surface area contributed by atoms with E-state index < -0.39 is 0 Å². The molecule has 0 aliphatic heterocycles. The first-order chi connectivity index (χ1) is 22.9. The van der Waals surface area contributed by atoms with E-state index in [1.807, 2.05) is 86.6 Å². The Morgan fingerprint density at radius 2 is 1.15 bits per heavy atom. The van der Waals surface area contributed by atoms with E-state index in [4.69, 9.17) is 4.74 Å². The number of ether oxygens (including phenoxy) is 1. The molecule has 0 atom stereocenters. The second-order valence-corrected chi connectivity index (χ2v) is 11.0.